The number of aromatic nitrogens is 3. The lowest BCUT2D eigenvalue weighted by Gasteiger charge is -2.10. The molecule has 7 heteroatoms. The predicted molar refractivity (Wildman–Crippen MR) is 83.3 cm³/mol. The molecule has 2 aromatic rings. The molecule has 2 heterocycles. The molecule has 1 aromatic carbocycles. The Bertz CT molecular complexity index is 564. The van der Waals surface area contributed by atoms with E-state index in [4.69, 9.17) is 0 Å². The minimum Gasteiger partial charge on any atom is -0.326 e. The van der Waals surface area contributed by atoms with Crippen molar-refractivity contribution in [3.63, 3.8) is 0 Å². The topological polar surface area (TPSA) is 82.7 Å². The minimum absolute atomic E-state index is 0. The lowest BCUT2D eigenvalue weighted by molar-refractivity contribution is -0.116. The number of nitrogens with one attached hydrogen (secondary N) is 3. The number of rotatable bonds is 4. The summed E-state index contributed by atoms with van der Waals surface area (Å²) in [6.45, 7) is 1.02. The largest absolute Gasteiger partial charge is 0.326 e. The third-order valence-electron chi connectivity index (χ3n) is 3.45. The Morgan fingerprint density at radius 2 is 2.14 bits per heavy atom. The molecule has 112 valence electrons. The first-order valence-corrected chi connectivity index (χ1v) is 6.80. The highest BCUT2D eigenvalue weighted by Gasteiger charge is 2.17. The number of halogens is 1. The van der Waals surface area contributed by atoms with Crippen molar-refractivity contribution in [3.05, 3.63) is 30.6 Å². The first-order valence-electron chi connectivity index (χ1n) is 6.80. The molecule has 1 aliphatic heterocycles. The van der Waals surface area contributed by atoms with Gasteiger partial charge in [-0.2, -0.15) is 5.10 Å². The molecular weight excluding hydrogens is 290 g/mol. The van der Waals surface area contributed by atoms with Crippen molar-refractivity contribution in [1.29, 1.82) is 0 Å². The van der Waals surface area contributed by atoms with Crippen molar-refractivity contribution in [2.45, 2.75) is 25.3 Å². The molecule has 1 fully saturated rings. The van der Waals surface area contributed by atoms with E-state index in [0.717, 1.165) is 36.5 Å². The smallest absolute Gasteiger partial charge is 0.225 e. The quantitative estimate of drug-likeness (QED) is 0.806. The SMILES string of the molecule is Cl.O=C(CC1CCCN1)Nc1ccc(-c2ncn[nH]2)cc1. The predicted octanol–water partition coefficient (Wildman–Crippen LogP) is 1.97. The Morgan fingerprint density at radius 1 is 1.33 bits per heavy atom. The molecule has 21 heavy (non-hydrogen) atoms. The number of nitrogens with zero attached hydrogens (tertiary/aromatic N) is 2. The number of hydrogen-bond donors (Lipinski definition) is 3. The summed E-state index contributed by atoms with van der Waals surface area (Å²) in [5, 5.41) is 12.9. The van der Waals surface area contributed by atoms with Crippen molar-refractivity contribution in [3.8, 4) is 11.4 Å². The molecule has 1 unspecified atom stereocenters. The van der Waals surface area contributed by atoms with Crippen LogP contribution >= 0.6 is 12.4 Å². The summed E-state index contributed by atoms with van der Waals surface area (Å²) >= 11 is 0. The van der Waals surface area contributed by atoms with Crippen LogP contribution in [0.15, 0.2) is 30.6 Å². The van der Waals surface area contributed by atoms with Gasteiger partial charge in [0, 0.05) is 23.7 Å². The lowest BCUT2D eigenvalue weighted by atomic mass is 10.1. The number of aromatic amines is 1. The molecule has 3 N–H and O–H groups in total. The van der Waals surface area contributed by atoms with Gasteiger partial charge in [-0.1, -0.05) is 0 Å². The summed E-state index contributed by atoms with van der Waals surface area (Å²) in [7, 11) is 0. The highest BCUT2D eigenvalue weighted by molar-refractivity contribution is 5.91. The van der Waals surface area contributed by atoms with Crippen LogP contribution in [0.1, 0.15) is 19.3 Å². The second-order valence-corrected chi connectivity index (χ2v) is 4.96. The zero-order valence-electron chi connectivity index (χ0n) is 11.5. The van der Waals surface area contributed by atoms with Gasteiger partial charge in [-0.25, -0.2) is 4.98 Å². The molecule has 3 rings (SSSR count). The van der Waals surface area contributed by atoms with Crippen LogP contribution in [0, 0.1) is 0 Å². The van der Waals surface area contributed by atoms with Gasteiger partial charge in [0.1, 0.15) is 6.33 Å². The average Bonchev–Trinajstić information content (AvgIpc) is 3.12. The summed E-state index contributed by atoms with van der Waals surface area (Å²) in [5.74, 6) is 0.773. The first-order chi connectivity index (χ1) is 9.81. The Morgan fingerprint density at radius 3 is 2.76 bits per heavy atom. The number of amides is 1. The second kappa shape index (κ2) is 7.19. The fourth-order valence-corrected chi connectivity index (χ4v) is 2.42. The fraction of sp³-hybridized carbons (Fsp3) is 0.357. The maximum absolute atomic E-state index is 11.9. The van der Waals surface area contributed by atoms with Crippen molar-refractivity contribution in [2.24, 2.45) is 0 Å². The van der Waals surface area contributed by atoms with E-state index >= 15 is 0 Å². The summed E-state index contributed by atoms with van der Waals surface area (Å²) in [4.78, 5) is 16.0. The Labute approximate surface area is 129 Å². The molecule has 6 nitrogen and oxygen atoms in total. The van der Waals surface area contributed by atoms with E-state index in [-0.39, 0.29) is 18.3 Å². The standard InChI is InChI=1S/C14H17N5O.ClH/c20-13(8-12-2-1-7-15-12)18-11-5-3-10(4-6-11)14-16-9-17-19-14;/h3-6,9,12,15H,1-2,7-8H2,(H,18,20)(H,16,17,19);1H. The number of anilines is 1. The molecular formula is C14H18ClN5O. The van der Waals surface area contributed by atoms with Crippen LogP contribution in [0.4, 0.5) is 5.69 Å². The van der Waals surface area contributed by atoms with E-state index < -0.39 is 0 Å². The first kappa shape index (κ1) is 15.5. The molecule has 1 aromatic heterocycles. The van der Waals surface area contributed by atoms with E-state index in [0.29, 0.717) is 12.5 Å². The number of benzene rings is 1. The highest BCUT2D eigenvalue weighted by atomic mass is 35.5. The lowest BCUT2D eigenvalue weighted by Crippen LogP contribution is -2.27. The fourth-order valence-electron chi connectivity index (χ4n) is 2.42. The van der Waals surface area contributed by atoms with Crippen LogP contribution in [0.2, 0.25) is 0 Å². The molecule has 0 saturated carbocycles. The molecule has 1 aliphatic rings. The van der Waals surface area contributed by atoms with Gasteiger partial charge >= 0.3 is 0 Å². The summed E-state index contributed by atoms with van der Waals surface area (Å²) < 4.78 is 0. The summed E-state index contributed by atoms with van der Waals surface area (Å²) in [6, 6.07) is 7.88. The van der Waals surface area contributed by atoms with E-state index in [1.54, 1.807) is 0 Å². The summed E-state index contributed by atoms with van der Waals surface area (Å²) in [5.41, 5.74) is 1.74. The number of H-pyrrole nitrogens is 1. The van der Waals surface area contributed by atoms with E-state index in [9.17, 15) is 4.79 Å². The maximum atomic E-state index is 11.9. The third kappa shape index (κ3) is 4.03. The van der Waals surface area contributed by atoms with Gasteiger partial charge in [0.05, 0.1) is 0 Å². The summed E-state index contributed by atoms with van der Waals surface area (Å²) in [6.07, 6.45) is 4.24. The second-order valence-electron chi connectivity index (χ2n) is 4.96. The van der Waals surface area contributed by atoms with Crippen LogP contribution in [0.25, 0.3) is 11.4 Å². The van der Waals surface area contributed by atoms with Crippen LogP contribution < -0.4 is 10.6 Å². The third-order valence-corrected chi connectivity index (χ3v) is 3.45. The Kier molecular flexibility index (Phi) is 5.30. The van der Waals surface area contributed by atoms with Gasteiger partial charge in [0.25, 0.3) is 0 Å². The van der Waals surface area contributed by atoms with Gasteiger partial charge in [-0.3, -0.25) is 9.89 Å². The van der Waals surface area contributed by atoms with Gasteiger partial charge < -0.3 is 10.6 Å². The van der Waals surface area contributed by atoms with Gasteiger partial charge in [-0.15, -0.1) is 12.4 Å². The highest BCUT2D eigenvalue weighted by Crippen LogP contribution is 2.17. The van der Waals surface area contributed by atoms with Gasteiger partial charge in [0.15, 0.2) is 5.82 Å². The molecule has 1 atom stereocenters. The molecule has 1 saturated heterocycles. The van der Waals surface area contributed by atoms with E-state index in [1.165, 1.54) is 6.33 Å². The maximum Gasteiger partial charge on any atom is 0.225 e. The van der Waals surface area contributed by atoms with Crippen molar-refractivity contribution in [2.75, 3.05) is 11.9 Å². The van der Waals surface area contributed by atoms with E-state index in [1.807, 2.05) is 24.3 Å². The zero-order chi connectivity index (χ0) is 13.8. The molecule has 1 amide bonds. The Balaban J connectivity index is 0.00000161. The van der Waals surface area contributed by atoms with Crippen molar-refractivity contribution in [1.82, 2.24) is 20.5 Å². The molecule has 0 bridgehead atoms. The van der Waals surface area contributed by atoms with Crippen LogP contribution in [0.3, 0.4) is 0 Å². The molecule has 0 aliphatic carbocycles. The average molecular weight is 308 g/mol. The normalized spacial score (nSPS) is 17.2. The Hall–Kier alpha value is -1.92. The number of carbonyl (C=O) groups excluding carboxylic acids is 1. The molecule has 0 radical (unpaired) electrons. The van der Waals surface area contributed by atoms with Crippen molar-refractivity contribution < 1.29 is 4.79 Å². The van der Waals surface area contributed by atoms with Crippen LogP contribution in [-0.2, 0) is 4.79 Å². The molecule has 0 spiro atoms. The van der Waals surface area contributed by atoms with Crippen LogP contribution in [0.5, 0.6) is 0 Å². The minimum atomic E-state index is 0. The van der Waals surface area contributed by atoms with Crippen molar-refractivity contribution >= 4 is 24.0 Å². The van der Waals surface area contributed by atoms with E-state index in [2.05, 4.69) is 25.8 Å². The van der Waals surface area contributed by atoms with Crippen LogP contribution in [-0.4, -0.2) is 33.7 Å². The number of hydrogen-bond acceptors (Lipinski definition) is 4. The zero-order valence-corrected chi connectivity index (χ0v) is 12.3. The number of carbonyl (C=O) groups is 1. The van der Waals surface area contributed by atoms with Gasteiger partial charge in [0.2, 0.25) is 5.91 Å². The monoisotopic (exact) mass is 307 g/mol. The van der Waals surface area contributed by atoms with Gasteiger partial charge in [-0.05, 0) is 43.7 Å².